The highest BCUT2D eigenvalue weighted by Gasteiger charge is 2.02. The van der Waals surface area contributed by atoms with Crippen molar-refractivity contribution in [1.29, 1.82) is 0 Å². The molecular formula is C11H16N2O. The van der Waals surface area contributed by atoms with Crippen LogP contribution in [0.25, 0.3) is 0 Å². The van der Waals surface area contributed by atoms with E-state index in [1.807, 2.05) is 18.2 Å². The molecule has 0 saturated heterocycles. The van der Waals surface area contributed by atoms with E-state index in [4.69, 9.17) is 0 Å². The van der Waals surface area contributed by atoms with Gasteiger partial charge in [-0.3, -0.25) is 9.88 Å². The molecule has 0 aliphatic heterocycles. The van der Waals surface area contributed by atoms with Crippen LogP contribution in [-0.2, 0) is 11.3 Å². The fourth-order valence-corrected chi connectivity index (χ4v) is 1.31. The van der Waals surface area contributed by atoms with Crippen LogP contribution in [0.5, 0.6) is 0 Å². The molecule has 0 spiro atoms. The molecule has 0 bridgehead atoms. The van der Waals surface area contributed by atoms with Gasteiger partial charge in [-0.15, -0.1) is 0 Å². The molecule has 0 atom stereocenters. The lowest BCUT2D eigenvalue weighted by molar-refractivity contribution is -0.108. The number of nitrogens with zero attached hydrogens (tertiary/aromatic N) is 2. The molecule has 14 heavy (non-hydrogen) atoms. The molecule has 1 aromatic rings. The van der Waals surface area contributed by atoms with E-state index in [2.05, 4.69) is 16.8 Å². The minimum Gasteiger partial charge on any atom is -0.303 e. The third-order valence-electron chi connectivity index (χ3n) is 2.12. The summed E-state index contributed by atoms with van der Waals surface area (Å²) in [7, 11) is 0. The van der Waals surface area contributed by atoms with E-state index in [9.17, 15) is 4.79 Å². The van der Waals surface area contributed by atoms with Gasteiger partial charge in [-0.1, -0.05) is 13.0 Å². The summed E-state index contributed by atoms with van der Waals surface area (Å²) in [5.41, 5.74) is 1.06. The average Bonchev–Trinajstić information content (AvgIpc) is 2.25. The number of carbonyl (C=O) groups excluding carboxylic acids is 1. The fraction of sp³-hybridized carbons (Fsp3) is 0.455. The van der Waals surface area contributed by atoms with Gasteiger partial charge in [-0.25, -0.2) is 0 Å². The molecule has 1 rings (SSSR count). The summed E-state index contributed by atoms with van der Waals surface area (Å²) in [5, 5.41) is 0. The zero-order valence-electron chi connectivity index (χ0n) is 8.52. The molecule has 0 saturated carbocycles. The summed E-state index contributed by atoms with van der Waals surface area (Å²) >= 11 is 0. The van der Waals surface area contributed by atoms with Gasteiger partial charge in [0, 0.05) is 25.7 Å². The fourth-order valence-electron chi connectivity index (χ4n) is 1.31. The molecule has 3 nitrogen and oxygen atoms in total. The molecule has 0 unspecified atom stereocenters. The Morgan fingerprint density at radius 1 is 1.50 bits per heavy atom. The Labute approximate surface area is 84.8 Å². The minimum atomic E-state index is 0.598. The van der Waals surface area contributed by atoms with Crippen LogP contribution in [0.2, 0.25) is 0 Å². The van der Waals surface area contributed by atoms with Gasteiger partial charge in [-0.05, 0) is 18.7 Å². The van der Waals surface area contributed by atoms with E-state index in [1.165, 1.54) is 0 Å². The highest BCUT2D eigenvalue weighted by molar-refractivity contribution is 5.49. The standard InChI is InChI=1S/C11H16N2O/c1-2-13(8-5-9-14)10-11-6-3-4-7-12-11/h3-4,6-7,9H,2,5,8,10H2,1H3. The van der Waals surface area contributed by atoms with Gasteiger partial charge in [0.2, 0.25) is 0 Å². The van der Waals surface area contributed by atoms with Gasteiger partial charge in [0.25, 0.3) is 0 Å². The third-order valence-corrected chi connectivity index (χ3v) is 2.12. The summed E-state index contributed by atoms with van der Waals surface area (Å²) < 4.78 is 0. The molecule has 0 aliphatic carbocycles. The highest BCUT2D eigenvalue weighted by atomic mass is 16.1. The second-order valence-electron chi connectivity index (χ2n) is 3.15. The normalized spacial score (nSPS) is 10.4. The lowest BCUT2D eigenvalue weighted by Gasteiger charge is -2.18. The van der Waals surface area contributed by atoms with Gasteiger partial charge in [0.15, 0.2) is 0 Å². The maximum absolute atomic E-state index is 10.2. The third kappa shape index (κ3) is 3.66. The summed E-state index contributed by atoms with van der Waals surface area (Å²) in [6, 6.07) is 5.89. The zero-order valence-corrected chi connectivity index (χ0v) is 8.52. The molecule has 0 aromatic carbocycles. The Balaban J connectivity index is 2.44. The number of carbonyl (C=O) groups is 1. The first kappa shape index (κ1) is 10.9. The van der Waals surface area contributed by atoms with Crippen LogP contribution in [0, 0.1) is 0 Å². The first-order valence-electron chi connectivity index (χ1n) is 4.92. The molecule has 0 amide bonds. The summed E-state index contributed by atoms with van der Waals surface area (Å²) in [6.45, 7) is 4.68. The van der Waals surface area contributed by atoms with Crippen molar-refractivity contribution in [3.8, 4) is 0 Å². The van der Waals surface area contributed by atoms with Crippen LogP contribution in [0.15, 0.2) is 24.4 Å². The van der Waals surface area contributed by atoms with Crippen LogP contribution >= 0.6 is 0 Å². The smallest absolute Gasteiger partial charge is 0.121 e. The molecule has 0 N–H and O–H groups in total. The average molecular weight is 192 g/mol. The van der Waals surface area contributed by atoms with E-state index in [1.54, 1.807) is 6.20 Å². The number of rotatable bonds is 6. The van der Waals surface area contributed by atoms with Gasteiger partial charge >= 0.3 is 0 Å². The molecule has 1 aromatic heterocycles. The number of pyridine rings is 1. The second kappa shape index (κ2) is 6.27. The monoisotopic (exact) mass is 192 g/mol. The van der Waals surface area contributed by atoms with Crippen LogP contribution in [0.1, 0.15) is 19.0 Å². The Morgan fingerprint density at radius 3 is 2.93 bits per heavy atom. The van der Waals surface area contributed by atoms with Crippen LogP contribution in [-0.4, -0.2) is 29.3 Å². The highest BCUT2D eigenvalue weighted by Crippen LogP contribution is 2.00. The Kier molecular flexibility index (Phi) is 4.86. The van der Waals surface area contributed by atoms with Crippen molar-refractivity contribution in [2.24, 2.45) is 0 Å². The van der Waals surface area contributed by atoms with Crippen molar-refractivity contribution < 1.29 is 4.79 Å². The van der Waals surface area contributed by atoms with Crippen LogP contribution in [0.3, 0.4) is 0 Å². The second-order valence-corrected chi connectivity index (χ2v) is 3.15. The molecule has 76 valence electrons. The summed E-state index contributed by atoms with van der Waals surface area (Å²) in [6.07, 6.45) is 3.35. The van der Waals surface area contributed by atoms with Crippen molar-refractivity contribution in [2.45, 2.75) is 19.9 Å². The van der Waals surface area contributed by atoms with Crippen LogP contribution < -0.4 is 0 Å². The number of hydrogen-bond donors (Lipinski definition) is 0. The Bertz CT molecular complexity index is 261. The Morgan fingerprint density at radius 2 is 2.36 bits per heavy atom. The van der Waals surface area contributed by atoms with Crippen molar-refractivity contribution in [3.63, 3.8) is 0 Å². The topological polar surface area (TPSA) is 33.2 Å². The van der Waals surface area contributed by atoms with E-state index >= 15 is 0 Å². The number of hydrogen-bond acceptors (Lipinski definition) is 3. The van der Waals surface area contributed by atoms with Crippen molar-refractivity contribution in [1.82, 2.24) is 9.88 Å². The predicted octanol–water partition coefficient (Wildman–Crippen LogP) is 1.49. The van der Waals surface area contributed by atoms with Crippen LogP contribution in [0.4, 0.5) is 0 Å². The van der Waals surface area contributed by atoms with E-state index in [-0.39, 0.29) is 0 Å². The molecule has 0 aliphatic rings. The van der Waals surface area contributed by atoms with Gasteiger partial charge < -0.3 is 4.79 Å². The van der Waals surface area contributed by atoms with Gasteiger partial charge in [0.1, 0.15) is 6.29 Å². The molecule has 1 heterocycles. The number of aromatic nitrogens is 1. The predicted molar refractivity (Wildman–Crippen MR) is 55.9 cm³/mol. The Hall–Kier alpha value is -1.22. The van der Waals surface area contributed by atoms with Crippen molar-refractivity contribution in [2.75, 3.05) is 13.1 Å². The maximum atomic E-state index is 10.2. The summed E-state index contributed by atoms with van der Waals surface area (Å²) in [4.78, 5) is 16.7. The largest absolute Gasteiger partial charge is 0.303 e. The van der Waals surface area contributed by atoms with Crippen molar-refractivity contribution in [3.05, 3.63) is 30.1 Å². The van der Waals surface area contributed by atoms with E-state index in [0.717, 1.165) is 31.6 Å². The van der Waals surface area contributed by atoms with E-state index < -0.39 is 0 Å². The lowest BCUT2D eigenvalue weighted by atomic mass is 10.3. The molecule has 0 radical (unpaired) electrons. The maximum Gasteiger partial charge on any atom is 0.121 e. The minimum absolute atomic E-state index is 0.598. The van der Waals surface area contributed by atoms with E-state index in [0.29, 0.717) is 6.42 Å². The van der Waals surface area contributed by atoms with Crippen molar-refractivity contribution >= 4 is 6.29 Å². The molecular weight excluding hydrogens is 176 g/mol. The lowest BCUT2D eigenvalue weighted by Crippen LogP contribution is -2.24. The molecule has 3 heteroatoms. The quantitative estimate of drug-likeness (QED) is 0.640. The van der Waals surface area contributed by atoms with Gasteiger partial charge in [0.05, 0.1) is 5.69 Å². The summed E-state index contributed by atoms with van der Waals surface area (Å²) in [5.74, 6) is 0. The zero-order chi connectivity index (χ0) is 10.2. The molecule has 0 fully saturated rings. The first-order chi connectivity index (χ1) is 6.86. The SMILES string of the molecule is CCN(CCC=O)Cc1ccccn1. The van der Waals surface area contributed by atoms with Gasteiger partial charge in [-0.2, -0.15) is 0 Å². The number of aldehydes is 1. The first-order valence-corrected chi connectivity index (χ1v) is 4.92.